The van der Waals surface area contributed by atoms with E-state index in [0.29, 0.717) is 18.4 Å². The fourth-order valence-corrected chi connectivity index (χ4v) is 4.33. The van der Waals surface area contributed by atoms with Crippen LogP contribution in [0.25, 0.3) is 10.9 Å². The minimum atomic E-state index is -2.88. The lowest BCUT2D eigenvalue weighted by atomic mass is 9.90. The Morgan fingerprint density at radius 2 is 1.79 bits per heavy atom. The minimum absolute atomic E-state index is 0.0162. The number of hydrogen-bond acceptors (Lipinski definition) is 5. The van der Waals surface area contributed by atoms with E-state index in [9.17, 15) is 18.4 Å². The van der Waals surface area contributed by atoms with Gasteiger partial charge < -0.3 is 10.1 Å². The van der Waals surface area contributed by atoms with E-state index in [0.717, 1.165) is 42.5 Å². The van der Waals surface area contributed by atoms with E-state index < -0.39 is 6.61 Å². The van der Waals surface area contributed by atoms with Gasteiger partial charge in [0.15, 0.2) is 0 Å². The molecular formula is C21H23F2N3O3. The molecule has 29 heavy (non-hydrogen) atoms. The third-order valence-electron chi connectivity index (χ3n) is 5.64. The van der Waals surface area contributed by atoms with E-state index in [-0.39, 0.29) is 29.6 Å². The second-order valence-electron chi connectivity index (χ2n) is 7.68. The van der Waals surface area contributed by atoms with Crippen LogP contribution in [-0.2, 0) is 9.59 Å². The van der Waals surface area contributed by atoms with Crippen LogP contribution >= 0.6 is 0 Å². The second-order valence-corrected chi connectivity index (χ2v) is 7.68. The van der Waals surface area contributed by atoms with Crippen molar-refractivity contribution in [2.24, 2.45) is 0 Å². The van der Waals surface area contributed by atoms with Crippen LogP contribution in [0.5, 0.6) is 5.75 Å². The van der Waals surface area contributed by atoms with Crippen molar-refractivity contribution in [1.82, 2.24) is 9.88 Å². The first-order chi connectivity index (χ1) is 13.9. The number of amides is 2. The van der Waals surface area contributed by atoms with Gasteiger partial charge in [0.25, 0.3) is 0 Å². The number of fused-ring (bicyclic) bond motifs is 1. The molecule has 154 valence electrons. The van der Waals surface area contributed by atoms with E-state index in [2.05, 4.69) is 15.0 Å². The zero-order valence-electron chi connectivity index (χ0n) is 16.2. The first-order valence-corrected chi connectivity index (χ1v) is 9.88. The third kappa shape index (κ3) is 4.16. The van der Waals surface area contributed by atoms with Crippen LogP contribution in [-0.4, -0.2) is 40.4 Å². The summed E-state index contributed by atoms with van der Waals surface area (Å²) in [6.45, 7) is -0.996. The SMILES string of the molecule is Cc1cc(NC2CCC(N3C(=O)CCC3=O)CC2)c2cc(OC(F)F)ccc2n1. The molecule has 1 saturated heterocycles. The number of anilines is 1. The molecule has 2 aromatic rings. The van der Waals surface area contributed by atoms with Gasteiger partial charge in [0.2, 0.25) is 11.8 Å². The number of rotatable bonds is 5. The van der Waals surface area contributed by atoms with Gasteiger partial charge in [-0.25, -0.2) is 0 Å². The third-order valence-corrected chi connectivity index (χ3v) is 5.64. The number of nitrogens with zero attached hydrogens (tertiary/aromatic N) is 2. The number of likely N-dealkylation sites (tertiary alicyclic amines) is 1. The normalized spacial score (nSPS) is 22.6. The monoisotopic (exact) mass is 403 g/mol. The maximum atomic E-state index is 12.6. The highest BCUT2D eigenvalue weighted by molar-refractivity contribution is 6.02. The maximum Gasteiger partial charge on any atom is 0.387 e. The number of imide groups is 1. The van der Waals surface area contributed by atoms with Crippen molar-refractivity contribution in [2.75, 3.05) is 5.32 Å². The molecule has 4 rings (SSSR count). The Labute approximate surface area is 167 Å². The molecular weight excluding hydrogens is 380 g/mol. The number of pyridine rings is 1. The number of alkyl halides is 2. The highest BCUT2D eigenvalue weighted by atomic mass is 19.3. The fourth-order valence-electron chi connectivity index (χ4n) is 4.33. The highest BCUT2D eigenvalue weighted by Crippen LogP contribution is 2.32. The molecule has 1 aromatic carbocycles. The number of carbonyl (C=O) groups is 2. The Bertz CT molecular complexity index is 926. The molecule has 2 fully saturated rings. The molecule has 6 nitrogen and oxygen atoms in total. The molecule has 8 heteroatoms. The van der Waals surface area contributed by atoms with Gasteiger partial charge in [-0.3, -0.25) is 19.5 Å². The summed E-state index contributed by atoms with van der Waals surface area (Å²) in [5, 5.41) is 4.23. The van der Waals surface area contributed by atoms with Crippen molar-refractivity contribution in [3.05, 3.63) is 30.0 Å². The zero-order valence-corrected chi connectivity index (χ0v) is 16.2. The molecule has 2 amide bonds. The first kappa shape index (κ1) is 19.5. The van der Waals surface area contributed by atoms with E-state index in [1.807, 2.05) is 13.0 Å². The van der Waals surface area contributed by atoms with E-state index >= 15 is 0 Å². The zero-order chi connectivity index (χ0) is 20.5. The van der Waals surface area contributed by atoms with Gasteiger partial charge in [-0.2, -0.15) is 8.78 Å². The summed E-state index contributed by atoms with van der Waals surface area (Å²) in [6.07, 6.45) is 3.80. The molecule has 0 radical (unpaired) electrons. The van der Waals surface area contributed by atoms with Crippen molar-refractivity contribution in [2.45, 2.75) is 64.1 Å². The lowest BCUT2D eigenvalue weighted by Crippen LogP contribution is -2.43. The minimum Gasteiger partial charge on any atom is -0.435 e. The van der Waals surface area contributed by atoms with Crippen molar-refractivity contribution in [1.29, 1.82) is 0 Å². The predicted molar refractivity (Wildman–Crippen MR) is 104 cm³/mol. The van der Waals surface area contributed by atoms with Crippen LogP contribution in [0.2, 0.25) is 0 Å². The predicted octanol–water partition coefficient (Wildman–Crippen LogP) is 4.02. The molecule has 1 aromatic heterocycles. The largest absolute Gasteiger partial charge is 0.435 e. The van der Waals surface area contributed by atoms with Crippen LogP contribution < -0.4 is 10.1 Å². The molecule has 1 saturated carbocycles. The summed E-state index contributed by atoms with van der Waals surface area (Å²) in [6, 6.07) is 6.78. The van der Waals surface area contributed by atoms with Gasteiger partial charge in [-0.15, -0.1) is 0 Å². The Balaban J connectivity index is 1.49. The summed E-state index contributed by atoms with van der Waals surface area (Å²) < 4.78 is 29.7. The number of hydrogen-bond donors (Lipinski definition) is 1. The lowest BCUT2D eigenvalue weighted by Gasteiger charge is -2.34. The molecule has 2 heterocycles. The Kier molecular flexibility index (Phi) is 5.34. The molecule has 0 bridgehead atoms. The second kappa shape index (κ2) is 7.93. The maximum absolute atomic E-state index is 12.6. The first-order valence-electron chi connectivity index (χ1n) is 9.88. The van der Waals surface area contributed by atoms with E-state index in [4.69, 9.17) is 0 Å². The van der Waals surface area contributed by atoms with Gasteiger partial charge in [-0.1, -0.05) is 0 Å². The summed E-state index contributed by atoms with van der Waals surface area (Å²) >= 11 is 0. The van der Waals surface area contributed by atoms with E-state index in [1.165, 1.54) is 11.0 Å². The van der Waals surface area contributed by atoms with Gasteiger partial charge >= 0.3 is 6.61 Å². The van der Waals surface area contributed by atoms with Crippen molar-refractivity contribution < 1.29 is 23.1 Å². The van der Waals surface area contributed by atoms with Gasteiger partial charge in [0.1, 0.15) is 5.75 Å². The highest BCUT2D eigenvalue weighted by Gasteiger charge is 2.36. The summed E-state index contributed by atoms with van der Waals surface area (Å²) in [5.74, 6) is -0.0292. The molecule has 1 aliphatic carbocycles. The number of halogens is 2. The van der Waals surface area contributed by atoms with Crippen LogP contribution in [0.3, 0.4) is 0 Å². The number of carbonyl (C=O) groups excluding carboxylic acids is 2. The number of benzene rings is 1. The van der Waals surface area contributed by atoms with Crippen molar-refractivity contribution in [3.63, 3.8) is 0 Å². The fraction of sp³-hybridized carbons (Fsp3) is 0.476. The number of aryl methyl sites for hydroxylation is 1. The molecule has 1 aliphatic heterocycles. The molecule has 0 atom stereocenters. The molecule has 0 spiro atoms. The number of ether oxygens (including phenoxy) is 1. The summed E-state index contributed by atoms with van der Waals surface area (Å²) in [4.78, 5) is 29.9. The van der Waals surface area contributed by atoms with Crippen molar-refractivity contribution in [3.8, 4) is 5.75 Å². The number of nitrogens with one attached hydrogen (secondary N) is 1. The molecule has 0 unspecified atom stereocenters. The van der Waals surface area contributed by atoms with Gasteiger partial charge in [0.05, 0.1) is 5.52 Å². The summed E-state index contributed by atoms with van der Waals surface area (Å²) in [5.41, 5.74) is 2.35. The van der Waals surface area contributed by atoms with Crippen LogP contribution in [0.1, 0.15) is 44.2 Å². The van der Waals surface area contributed by atoms with Gasteiger partial charge in [-0.05, 0) is 56.9 Å². The Morgan fingerprint density at radius 1 is 1.10 bits per heavy atom. The van der Waals surface area contributed by atoms with Crippen LogP contribution in [0.15, 0.2) is 24.3 Å². The number of aromatic nitrogens is 1. The van der Waals surface area contributed by atoms with Crippen LogP contribution in [0, 0.1) is 6.92 Å². The molecule has 1 N–H and O–H groups in total. The summed E-state index contributed by atoms with van der Waals surface area (Å²) in [7, 11) is 0. The molecule has 2 aliphatic rings. The Morgan fingerprint density at radius 3 is 2.45 bits per heavy atom. The Hall–Kier alpha value is -2.77. The van der Waals surface area contributed by atoms with E-state index in [1.54, 1.807) is 12.1 Å². The topological polar surface area (TPSA) is 71.5 Å². The standard InChI is InChI=1S/C21H23F2N3O3/c1-12-10-18(16-11-15(29-21(22)23)6-7-17(16)24-12)25-13-2-4-14(5-3-13)26-19(27)8-9-20(26)28/h6-7,10-11,13-14,21H,2-5,8-9H2,1H3,(H,24,25). The average Bonchev–Trinajstić information content (AvgIpc) is 3.01. The van der Waals surface area contributed by atoms with Gasteiger partial charge in [0, 0.05) is 41.7 Å². The smallest absolute Gasteiger partial charge is 0.387 e. The average molecular weight is 403 g/mol. The quantitative estimate of drug-likeness (QED) is 0.764. The van der Waals surface area contributed by atoms with Crippen molar-refractivity contribution >= 4 is 28.4 Å². The van der Waals surface area contributed by atoms with Crippen LogP contribution in [0.4, 0.5) is 14.5 Å². The lowest BCUT2D eigenvalue weighted by molar-refractivity contribution is -0.141.